The summed E-state index contributed by atoms with van der Waals surface area (Å²) in [7, 11) is 0. The molecule has 0 saturated carbocycles. The third-order valence-corrected chi connectivity index (χ3v) is 3.64. The van der Waals surface area contributed by atoms with Gasteiger partial charge in [0.15, 0.2) is 6.10 Å². The van der Waals surface area contributed by atoms with Gasteiger partial charge in [0, 0.05) is 22.8 Å². The molecule has 1 N–H and O–H groups in total. The number of carbonyl (C=O) groups is 1. The van der Waals surface area contributed by atoms with E-state index < -0.39 is 12.0 Å². The molecular weight excluding hydrogens is 323 g/mol. The maximum atomic E-state index is 12.5. The van der Waals surface area contributed by atoms with Crippen molar-refractivity contribution < 1.29 is 9.90 Å². The van der Waals surface area contributed by atoms with Crippen LogP contribution in [0.1, 0.15) is 24.3 Å². The van der Waals surface area contributed by atoms with Gasteiger partial charge in [0.05, 0.1) is 12.2 Å². The van der Waals surface area contributed by atoms with Crippen LogP contribution < -0.4 is 0 Å². The first-order chi connectivity index (χ1) is 10.5. The second-order valence-corrected chi connectivity index (χ2v) is 5.65. The highest BCUT2D eigenvalue weighted by atomic mass is 35.5. The van der Waals surface area contributed by atoms with Crippen molar-refractivity contribution in [3.63, 3.8) is 0 Å². The molecule has 1 aromatic carbocycles. The normalized spacial score (nSPS) is 12.0. The Morgan fingerprint density at radius 1 is 1.27 bits per heavy atom. The van der Waals surface area contributed by atoms with E-state index in [0.717, 1.165) is 5.69 Å². The molecule has 0 bridgehead atoms. The molecule has 6 heteroatoms. The Morgan fingerprint density at radius 3 is 2.50 bits per heavy atom. The molecule has 0 radical (unpaired) electrons. The molecule has 0 spiro atoms. The minimum absolute atomic E-state index is 0.335. The maximum Gasteiger partial charge on any atom is 0.256 e. The summed E-state index contributed by atoms with van der Waals surface area (Å²) in [6.45, 7) is 2.64. The predicted molar refractivity (Wildman–Crippen MR) is 86.7 cm³/mol. The van der Waals surface area contributed by atoms with E-state index in [0.29, 0.717) is 28.7 Å². The Labute approximate surface area is 139 Å². The molecule has 1 aromatic heterocycles. The molecule has 1 unspecified atom stereocenters. The summed E-state index contributed by atoms with van der Waals surface area (Å²) >= 11 is 11.8. The molecule has 2 rings (SSSR count). The second-order valence-electron chi connectivity index (χ2n) is 4.78. The van der Waals surface area contributed by atoms with Gasteiger partial charge < -0.3 is 10.0 Å². The zero-order chi connectivity index (χ0) is 16.1. The van der Waals surface area contributed by atoms with E-state index in [4.69, 9.17) is 23.2 Å². The molecule has 2 aromatic rings. The standard InChI is InChI=1S/C16H16Cl2N2O2/c1-2-20(10-14-5-3-4-6-19-14)16(22)15(21)11-7-12(17)9-13(18)8-11/h3-9,15,21H,2,10H2,1H3. The fraction of sp³-hybridized carbons (Fsp3) is 0.250. The summed E-state index contributed by atoms with van der Waals surface area (Å²) in [4.78, 5) is 18.2. The molecule has 1 heterocycles. The van der Waals surface area contributed by atoms with Crippen molar-refractivity contribution in [2.45, 2.75) is 19.6 Å². The summed E-state index contributed by atoms with van der Waals surface area (Å²) in [6, 6.07) is 10.1. The van der Waals surface area contributed by atoms with Crippen LogP contribution in [-0.2, 0) is 11.3 Å². The van der Waals surface area contributed by atoms with Crippen LogP contribution >= 0.6 is 23.2 Å². The number of rotatable bonds is 5. The number of pyridine rings is 1. The highest BCUT2D eigenvalue weighted by molar-refractivity contribution is 6.34. The molecule has 0 aliphatic carbocycles. The quantitative estimate of drug-likeness (QED) is 0.908. The van der Waals surface area contributed by atoms with Crippen molar-refractivity contribution in [2.75, 3.05) is 6.54 Å². The number of amides is 1. The molecule has 1 atom stereocenters. The summed E-state index contributed by atoms with van der Waals surface area (Å²) < 4.78 is 0. The van der Waals surface area contributed by atoms with Gasteiger partial charge in [-0.05, 0) is 42.8 Å². The van der Waals surface area contributed by atoms with Gasteiger partial charge in [0.1, 0.15) is 0 Å². The highest BCUT2D eigenvalue weighted by Gasteiger charge is 2.23. The average Bonchev–Trinajstić information content (AvgIpc) is 2.51. The van der Waals surface area contributed by atoms with E-state index >= 15 is 0 Å². The first-order valence-corrected chi connectivity index (χ1v) is 7.59. The van der Waals surface area contributed by atoms with Crippen molar-refractivity contribution >= 4 is 29.1 Å². The lowest BCUT2D eigenvalue weighted by atomic mass is 10.1. The van der Waals surface area contributed by atoms with Gasteiger partial charge in [-0.25, -0.2) is 0 Å². The fourth-order valence-corrected chi connectivity index (χ4v) is 2.62. The smallest absolute Gasteiger partial charge is 0.256 e. The van der Waals surface area contributed by atoms with Gasteiger partial charge in [-0.15, -0.1) is 0 Å². The van der Waals surface area contributed by atoms with Gasteiger partial charge in [-0.1, -0.05) is 29.3 Å². The van der Waals surface area contributed by atoms with Crippen molar-refractivity contribution in [2.24, 2.45) is 0 Å². The topological polar surface area (TPSA) is 53.4 Å². The third-order valence-electron chi connectivity index (χ3n) is 3.21. The SMILES string of the molecule is CCN(Cc1ccccn1)C(=O)C(O)c1cc(Cl)cc(Cl)c1. The number of hydrogen-bond donors (Lipinski definition) is 1. The van der Waals surface area contributed by atoms with Crippen LogP contribution in [0.15, 0.2) is 42.6 Å². The zero-order valence-corrected chi connectivity index (χ0v) is 13.6. The van der Waals surface area contributed by atoms with Crippen LogP contribution in [0.4, 0.5) is 0 Å². The summed E-state index contributed by atoms with van der Waals surface area (Å²) in [5, 5.41) is 11.0. The van der Waals surface area contributed by atoms with Crippen LogP contribution in [0.25, 0.3) is 0 Å². The van der Waals surface area contributed by atoms with Gasteiger partial charge in [0.2, 0.25) is 0 Å². The molecule has 1 amide bonds. The first-order valence-electron chi connectivity index (χ1n) is 6.84. The molecule has 116 valence electrons. The van der Waals surface area contributed by atoms with Crippen LogP contribution in [0.5, 0.6) is 0 Å². The van der Waals surface area contributed by atoms with Crippen molar-refractivity contribution in [1.29, 1.82) is 0 Å². The largest absolute Gasteiger partial charge is 0.378 e. The van der Waals surface area contributed by atoms with E-state index in [-0.39, 0.29) is 0 Å². The number of hydrogen-bond acceptors (Lipinski definition) is 3. The van der Waals surface area contributed by atoms with Gasteiger partial charge in [-0.3, -0.25) is 9.78 Å². The Kier molecular flexibility index (Phi) is 5.77. The lowest BCUT2D eigenvalue weighted by molar-refractivity contribution is -0.141. The van der Waals surface area contributed by atoms with Crippen molar-refractivity contribution in [3.05, 3.63) is 63.9 Å². The van der Waals surface area contributed by atoms with Gasteiger partial charge >= 0.3 is 0 Å². The summed E-state index contributed by atoms with van der Waals surface area (Å²) in [6.07, 6.45) is 0.362. The molecular formula is C16H16Cl2N2O2. The minimum atomic E-state index is -1.31. The van der Waals surface area contributed by atoms with Crippen LogP contribution in [0.2, 0.25) is 10.0 Å². The summed E-state index contributed by atoms with van der Waals surface area (Å²) in [5.74, 6) is -0.411. The molecule has 0 saturated heterocycles. The molecule has 22 heavy (non-hydrogen) atoms. The number of halogens is 2. The molecule has 0 aliphatic heterocycles. The minimum Gasteiger partial charge on any atom is -0.378 e. The Bertz CT molecular complexity index is 630. The lowest BCUT2D eigenvalue weighted by Gasteiger charge is -2.23. The van der Waals surface area contributed by atoms with Crippen LogP contribution in [0, 0.1) is 0 Å². The van der Waals surface area contributed by atoms with Crippen molar-refractivity contribution in [1.82, 2.24) is 9.88 Å². The monoisotopic (exact) mass is 338 g/mol. The predicted octanol–water partition coefficient (Wildman–Crippen LogP) is 3.47. The Balaban J connectivity index is 2.16. The van der Waals surface area contributed by atoms with E-state index in [1.165, 1.54) is 17.0 Å². The second kappa shape index (κ2) is 7.58. The third kappa shape index (κ3) is 4.19. The van der Waals surface area contributed by atoms with Gasteiger partial charge in [-0.2, -0.15) is 0 Å². The zero-order valence-electron chi connectivity index (χ0n) is 12.0. The maximum absolute atomic E-state index is 12.5. The van der Waals surface area contributed by atoms with Crippen molar-refractivity contribution in [3.8, 4) is 0 Å². The highest BCUT2D eigenvalue weighted by Crippen LogP contribution is 2.25. The number of nitrogens with zero attached hydrogens (tertiary/aromatic N) is 2. The number of aliphatic hydroxyl groups excluding tert-OH is 1. The first kappa shape index (κ1) is 16.7. The number of aromatic nitrogens is 1. The van der Waals surface area contributed by atoms with Crippen LogP contribution in [0.3, 0.4) is 0 Å². The van der Waals surface area contributed by atoms with E-state index in [9.17, 15) is 9.90 Å². The Morgan fingerprint density at radius 2 is 1.95 bits per heavy atom. The Hall–Kier alpha value is -1.62. The fourth-order valence-electron chi connectivity index (χ4n) is 2.08. The number of likely N-dealkylation sites (N-methyl/N-ethyl adjacent to an activating group) is 1. The van der Waals surface area contributed by atoms with Gasteiger partial charge in [0.25, 0.3) is 5.91 Å². The average molecular weight is 339 g/mol. The summed E-state index contributed by atoms with van der Waals surface area (Å²) in [5.41, 5.74) is 1.14. The van der Waals surface area contributed by atoms with E-state index in [1.54, 1.807) is 12.3 Å². The molecule has 0 fully saturated rings. The molecule has 0 aliphatic rings. The molecule has 4 nitrogen and oxygen atoms in total. The van der Waals surface area contributed by atoms with Crippen LogP contribution in [-0.4, -0.2) is 27.4 Å². The van der Waals surface area contributed by atoms with E-state index in [2.05, 4.69) is 4.98 Å². The number of carbonyl (C=O) groups excluding carboxylic acids is 1. The number of aliphatic hydroxyl groups is 1. The lowest BCUT2D eigenvalue weighted by Crippen LogP contribution is -2.34. The number of benzene rings is 1. The van der Waals surface area contributed by atoms with E-state index in [1.807, 2.05) is 25.1 Å².